The first-order valence-corrected chi connectivity index (χ1v) is 7.24. The van der Waals surface area contributed by atoms with Crippen LogP contribution in [0.4, 0.5) is 0 Å². The molecule has 0 atom stereocenters. The van der Waals surface area contributed by atoms with E-state index in [1.807, 2.05) is 26.0 Å². The molecule has 4 heteroatoms. The second-order valence-electron chi connectivity index (χ2n) is 4.16. The molecule has 0 saturated heterocycles. The molecule has 0 spiro atoms. The van der Waals surface area contributed by atoms with E-state index < -0.39 is 9.84 Å². The van der Waals surface area contributed by atoms with Crippen molar-refractivity contribution in [2.45, 2.75) is 20.8 Å². The minimum atomic E-state index is -2.95. The van der Waals surface area contributed by atoms with Crippen LogP contribution in [0.5, 0.6) is 5.75 Å². The standard InChI is InChI=1S/C12H18O3S/c1-9-7-12(8-10(2)11(9)3)15-5-6-16(4,13)14/h7-8H,5-6H2,1-4H3. The molecule has 3 nitrogen and oxygen atoms in total. The molecule has 16 heavy (non-hydrogen) atoms. The van der Waals surface area contributed by atoms with Crippen LogP contribution in [-0.4, -0.2) is 27.0 Å². The van der Waals surface area contributed by atoms with E-state index in [-0.39, 0.29) is 12.4 Å². The molecule has 1 aromatic carbocycles. The van der Waals surface area contributed by atoms with E-state index >= 15 is 0 Å². The van der Waals surface area contributed by atoms with E-state index in [0.717, 1.165) is 16.9 Å². The number of hydrogen-bond acceptors (Lipinski definition) is 3. The maximum absolute atomic E-state index is 10.9. The van der Waals surface area contributed by atoms with E-state index in [0.29, 0.717) is 0 Å². The van der Waals surface area contributed by atoms with Gasteiger partial charge in [-0.25, -0.2) is 8.42 Å². The average Bonchev–Trinajstić information content (AvgIpc) is 2.12. The van der Waals surface area contributed by atoms with Gasteiger partial charge in [-0.2, -0.15) is 0 Å². The predicted molar refractivity (Wildman–Crippen MR) is 65.9 cm³/mol. The Morgan fingerprint density at radius 2 is 1.62 bits per heavy atom. The number of hydrogen-bond donors (Lipinski definition) is 0. The van der Waals surface area contributed by atoms with Gasteiger partial charge in [-0.3, -0.25) is 0 Å². The Labute approximate surface area is 97.4 Å². The summed E-state index contributed by atoms with van der Waals surface area (Å²) in [4.78, 5) is 0. The second-order valence-corrected chi connectivity index (χ2v) is 6.42. The summed E-state index contributed by atoms with van der Waals surface area (Å²) in [7, 11) is -2.95. The van der Waals surface area contributed by atoms with Crippen LogP contribution in [0.2, 0.25) is 0 Å². The zero-order chi connectivity index (χ0) is 12.3. The molecule has 1 rings (SSSR count). The predicted octanol–water partition coefficient (Wildman–Crippen LogP) is 2.04. The second kappa shape index (κ2) is 4.87. The van der Waals surface area contributed by atoms with Crippen molar-refractivity contribution < 1.29 is 13.2 Å². The first-order valence-electron chi connectivity index (χ1n) is 5.18. The van der Waals surface area contributed by atoms with E-state index in [4.69, 9.17) is 4.74 Å². The maximum Gasteiger partial charge on any atom is 0.150 e. The first-order chi connectivity index (χ1) is 7.29. The third kappa shape index (κ3) is 3.85. The molecule has 0 unspecified atom stereocenters. The molecule has 0 aliphatic rings. The van der Waals surface area contributed by atoms with E-state index in [1.54, 1.807) is 0 Å². The normalized spacial score (nSPS) is 11.5. The van der Waals surface area contributed by atoms with Crippen molar-refractivity contribution in [3.63, 3.8) is 0 Å². The van der Waals surface area contributed by atoms with Crippen molar-refractivity contribution in [2.75, 3.05) is 18.6 Å². The lowest BCUT2D eigenvalue weighted by molar-refractivity contribution is 0.340. The van der Waals surface area contributed by atoms with Gasteiger partial charge in [-0.1, -0.05) is 0 Å². The molecule has 0 aromatic heterocycles. The van der Waals surface area contributed by atoms with Crippen molar-refractivity contribution in [1.82, 2.24) is 0 Å². The van der Waals surface area contributed by atoms with Crippen LogP contribution in [0.3, 0.4) is 0 Å². The van der Waals surface area contributed by atoms with E-state index in [1.165, 1.54) is 11.8 Å². The Hall–Kier alpha value is -1.03. The molecule has 0 saturated carbocycles. The summed E-state index contributed by atoms with van der Waals surface area (Å²) < 4.78 is 27.3. The van der Waals surface area contributed by atoms with Gasteiger partial charge in [0.2, 0.25) is 0 Å². The quantitative estimate of drug-likeness (QED) is 0.811. The number of benzene rings is 1. The van der Waals surface area contributed by atoms with Gasteiger partial charge in [0.15, 0.2) is 9.84 Å². The third-order valence-corrected chi connectivity index (χ3v) is 3.53. The van der Waals surface area contributed by atoms with Crippen LogP contribution in [-0.2, 0) is 9.84 Å². The fraction of sp³-hybridized carbons (Fsp3) is 0.500. The Bertz CT molecular complexity index is 452. The average molecular weight is 242 g/mol. The minimum absolute atomic E-state index is 0.0545. The summed E-state index contributed by atoms with van der Waals surface area (Å²) in [5.41, 5.74) is 3.57. The Kier molecular flexibility index (Phi) is 3.97. The van der Waals surface area contributed by atoms with Crippen LogP contribution in [0.15, 0.2) is 12.1 Å². The van der Waals surface area contributed by atoms with Gasteiger partial charge in [0.05, 0.1) is 5.75 Å². The number of aryl methyl sites for hydroxylation is 2. The molecule has 0 bridgehead atoms. The lowest BCUT2D eigenvalue weighted by Gasteiger charge is -2.10. The van der Waals surface area contributed by atoms with Gasteiger partial charge in [0.1, 0.15) is 12.4 Å². The zero-order valence-electron chi connectivity index (χ0n) is 10.2. The molecule has 0 heterocycles. The van der Waals surface area contributed by atoms with Crippen LogP contribution in [0, 0.1) is 20.8 Å². The molecule has 1 aromatic rings. The van der Waals surface area contributed by atoms with Gasteiger partial charge in [-0.05, 0) is 49.6 Å². The Morgan fingerprint density at radius 3 is 2.06 bits per heavy atom. The molecule has 0 N–H and O–H groups in total. The molecule has 0 fully saturated rings. The fourth-order valence-electron chi connectivity index (χ4n) is 1.39. The van der Waals surface area contributed by atoms with Crippen molar-refractivity contribution in [1.29, 1.82) is 0 Å². The molecule has 0 amide bonds. The van der Waals surface area contributed by atoms with Crippen LogP contribution < -0.4 is 4.74 Å². The summed E-state index contributed by atoms with van der Waals surface area (Å²) >= 11 is 0. The summed E-state index contributed by atoms with van der Waals surface area (Å²) in [6.45, 7) is 6.31. The van der Waals surface area contributed by atoms with Crippen molar-refractivity contribution >= 4 is 9.84 Å². The largest absolute Gasteiger partial charge is 0.493 e. The fourth-order valence-corrected chi connectivity index (χ4v) is 1.78. The molecule has 0 aliphatic carbocycles. The minimum Gasteiger partial charge on any atom is -0.493 e. The lowest BCUT2D eigenvalue weighted by atomic mass is 10.0. The van der Waals surface area contributed by atoms with Crippen LogP contribution >= 0.6 is 0 Å². The number of sulfone groups is 1. The number of ether oxygens (including phenoxy) is 1. The summed E-state index contributed by atoms with van der Waals surface area (Å²) in [6, 6.07) is 3.87. The zero-order valence-corrected chi connectivity index (χ0v) is 11.0. The highest BCUT2D eigenvalue weighted by Crippen LogP contribution is 2.20. The molecular formula is C12H18O3S. The van der Waals surface area contributed by atoms with Gasteiger partial charge < -0.3 is 4.74 Å². The molecule has 0 aliphatic heterocycles. The van der Waals surface area contributed by atoms with E-state index in [2.05, 4.69) is 6.92 Å². The Balaban J connectivity index is 2.69. The third-order valence-electron chi connectivity index (χ3n) is 2.62. The highest BCUT2D eigenvalue weighted by molar-refractivity contribution is 7.90. The van der Waals surface area contributed by atoms with Gasteiger partial charge in [0.25, 0.3) is 0 Å². The Morgan fingerprint density at radius 1 is 1.12 bits per heavy atom. The summed E-state index contributed by atoms with van der Waals surface area (Å²) in [6.07, 6.45) is 1.21. The van der Waals surface area contributed by atoms with Gasteiger partial charge >= 0.3 is 0 Å². The highest BCUT2D eigenvalue weighted by atomic mass is 32.2. The van der Waals surface area contributed by atoms with Crippen LogP contribution in [0.1, 0.15) is 16.7 Å². The highest BCUT2D eigenvalue weighted by Gasteiger charge is 2.04. The van der Waals surface area contributed by atoms with E-state index in [9.17, 15) is 8.42 Å². The summed E-state index contributed by atoms with van der Waals surface area (Å²) in [5, 5.41) is 0. The monoisotopic (exact) mass is 242 g/mol. The lowest BCUT2D eigenvalue weighted by Crippen LogP contribution is -2.12. The molecule has 0 radical (unpaired) electrons. The smallest absolute Gasteiger partial charge is 0.150 e. The van der Waals surface area contributed by atoms with Gasteiger partial charge in [0, 0.05) is 6.26 Å². The molecule has 90 valence electrons. The molecular weight excluding hydrogens is 224 g/mol. The van der Waals surface area contributed by atoms with Crippen molar-refractivity contribution in [3.05, 3.63) is 28.8 Å². The van der Waals surface area contributed by atoms with Gasteiger partial charge in [-0.15, -0.1) is 0 Å². The summed E-state index contributed by atoms with van der Waals surface area (Å²) in [5.74, 6) is 0.795. The SMILES string of the molecule is Cc1cc(OCCS(C)(=O)=O)cc(C)c1C. The topological polar surface area (TPSA) is 43.4 Å². The van der Waals surface area contributed by atoms with Crippen LogP contribution in [0.25, 0.3) is 0 Å². The maximum atomic E-state index is 10.9. The first kappa shape index (κ1) is 13.0. The van der Waals surface area contributed by atoms with Crippen molar-refractivity contribution in [3.8, 4) is 5.75 Å². The van der Waals surface area contributed by atoms with Crippen molar-refractivity contribution in [2.24, 2.45) is 0 Å². The number of rotatable bonds is 4.